The highest BCUT2D eigenvalue weighted by molar-refractivity contribution is 6.35. The monoisotopic (exact) mass is 318 g/mol. The fourth-order valence-corrected chi connectivity index (χ4v) is 1.94. The van der Waals surface area contributed by atoms with E-state index < -0.39 is 0 Å². The standard InChI is InChI=1S/C14H16Cl2O4/c1-2-19-13(17)4-3-5-14(18)20-9-10-6-7-11(15)8-12(10)16/h6-8H,2-5,9H2,1H3. The van der Waals surface area contributed by atoms with Crippen LogP contribution in [0.4, 0.5) is 0 Å². The van der Waals surface area contributed by atoms with Crippen LogP contribution in [0, 0.1) is 0 Å². The third-order valence-corrected chi connectivity index (χ3v) is 3.06. The second kappa shape index (κ2) is 8.82. The van der Waals surface area contributed by atoms with Gasteiger partial charge in [0.2, 0.25) is 0 Å². The summed E-state index contributed by atoms with van der Waals surface area (Å²) in [5.41, 5.74) is 0.690. The maximum absolute atomic E-state index is 11.5. The van der Waals surface area contributed by atoms with Gasteiger partial charge in [-0.1, -0.05) is 29.3 Å². The van der Waals surface area contributed by atoms with Gasteiger partial charge in [-0.3, -0.25) is 9.59 Å². The van der Waals surface area contributed by atoms with E-state index in [0.29, 0.717) is 28.6 Å². The Morgan fingerprint density at radius 2 is 1.75 bits per heavy atom. The lowest BCUT2D eigenvalue weighted by molar-refractivity contribution is -0.146. The molecule has 6 heteroatoms. The van der Waals surface area contributed by atoms with Crippen LogP contribution >= 0.6 is 23.2 Å². The lowest BCUT2D eigenvalue weighted by Crippen LogP contribution is -2.08. The van der Waals surface area contributed by atoms with Gasteiger partial charge in [0.15, 0.2) is 0 Å². The molecule has 0 bridgehead atoms. The smallest absolute Gasteiger partial charge is 0.306 e. The number of ether oxygens (including phenoxy) is 2. The highest BCUT2D eigenvalue weighted by Crippen LogP contribution is 2.21. The fourth-order valence-electron chi connectivity index (χ4n) is 1.48. The van der Waals surface area contributed by atoms with E-state index in [0.717, 1.165) is 0 Å². The van der Waals surface area contributed by atoms with Gasteiger partial charge in [-0.15, -0.1) is 0 Å². The molecule has 0 aliphatic carbocycles. The van der Waals surface area contributed by atoms with Crippen LogP contribution < -0.4 is 0 Å². The molecule has 0 spiro atoms. The number of benzene rings is 1. The van der Waals surface area contributed by atoms with E-state index in [-0.39, 0.29) is 31.4 Å². The van der Waals surface area contributed by atoms with Crippen LogP contribution in [-0.2, 0) is 25.7 Å². The summed E-state index contributed by atoms with van der Waals surface area (Å²) >= 11 is 11.7. The SMILES string of the molecule is CCOC(=O)CCCC(=O)OCc1ccc(Cl)cc1Cl. The van der Waals surface area contributed by atoms with E-state index in [2.05, 4.69) is 0 Å². The molecule has 0 heterocycles. The zero-order valence-electron chi connectivity index (χ0n) is 11.2. The summed E-state index contributed by atoms with van der Waals surface area (Å²) < 4.78 is 9.83. The Hall–Kier alpha value is -1.26. The Labute approximate surface area is 128 Å². The molecule has 0 fully saturated rings. The largest absolute Gasteiger partial charge is 0.466 e. The van der Waals surface area contributed by atoms with E-state index in [9.17, 15) is 9.59 Å². The first-order valence-corrected chi connectivity index (χ1v) is 7.03. The van der Waals surface area contributed by atoms with E-state index in [1.807, 2.05) is 0 Å². The van der Waals surface area contributed by atoms with Crippen LogP contribution in [-0.4, -0.2) is 18.5 Å². The Balaban J connectivity index is 2.28. The molecule has 110 valence electrons. The maximum atomic E-state index is 11.5. The molecule has 0 aliphatic rings. The van der Waals surface area contributed by atoms with E-state index in [1.165, 1.54) is 0 Å². The van der Waals surface area contributed by atoms with Gasteiger partial charge in [0.05, 0.1) is 6.61 Å². The summed E-state index contributed by atoms with van der Waals surface area (Å²) in [6, 6.07) is 4.97. The topological polar surface area (TPSA) is 52.6 Å². The van der Waals surface area contributed by atoms with Crippen molar-refractivity contribution in [1.82, 2.24) is 0 Å². The molecule has 0 radical (unpaired) electrons. The number of carbonyl (C=O) groups excluding carboxylic acids is 2. The van der Waals surface area contributed by atoms with Gasteiger partial charge in [0.1, 0.15) is 6.61 Å². The van der Waals surface area contributed by atoms with Crippen LogP contribution in [0.5, 0.6) is 0 Å². The average Bonchev–Trinajstić information content (AvgIpc) is 2.38. The number of hydrogen-bond acceptors (Lipinski definition) is 4. The number of rotatable bonds is 7. The zero-order valence-corrected chi connectivity index (χ0v) is 12.7. The van der Waals surface area contributed by atoms with Crippen molar-refractivity contribution < 1.29 is 19.1 Å². The summed E-state index contributed by atoms with van der Waals surface area (Å²) in [5, 5.41) is 0.983. The predicted octanol–water partition coefficient (Wildman–Crippen LogP) is 3.77. The summed E-state index contributed by atoms with van der Waals surface area (Å²) in [7, 11) is 0. The molecule has 1 aromatic carbocycles. The van der Waals surface area contributed by atoms with Crippen LogP contribution in [0.1, 0.15) is 31.7 Å². The van der Waals surface area contributed by atoms with Crippen molar-refractivity contribution in [3.8, 4) is 0 Å². The second-order valence-corrected chi connectivity index (χ2v) is 4.90. The third-order valence-electron chi connectivity index (χ3n) is 2.47. The van der Waals surface area contributed by atoms with Crippen LogP contribution in [0.15, 0.2) is 18.2 Å². The van der Waals surface area contributed by atoms with Gasteiger partial charge in [0, 0.05) is 28.5 Å². The van der Waals surface area contributed by atoms with Gasteiger partial charge in [0.25, 0.3) is 0 Å². The van der Waals surface area contributed by atoms with Crippen molar-refractivity contribution in [1.29, 1.82) is 0 Å². The van der Waals surface area contributed by atoms with Crippen molar-refractivity contribution >= 4 is 35.1 Å². The summed E-state index contributed by atoms with van der Waals surface area (Å²) in [6.45, 7) is 2.18. The lowest BCUT2D eigenvalue weighted by Gasteiger charge is -2.07. The van der Waals surface area contributed by atoms with Crippen molar-refractivity contribution in [3.63, 3.8) is 0 Å². The van der Waals surface area contributed by atoms with Crippen molar-refractivity contribution in [2.45, 2.75) is 32.8 Å². The third kappa shape index (κ3) is 6.26. The number of carbonyl (C=O) groups is 2. The molecular formula is C14H16Cl2O4. The van der Waals surface area contributed by atoms with Crippen molar-refractivity contribution in [2.24, 2.45) is 0 Å². The Morgan fingerprint density at radius 3 is 2.35 bits per heavy atom. The highest BCUT2D eigenvalue weighted by Gasteiger charge is 2.08. The molecular weight excluding hydrogens is 303 g/mol. The van der Waals surface area contributed by atoms with Gasteiger partial charge in [-0.25, -0.2) is 0 Å². The first-order chi connectivity index (χ1) is 9.52. The summed E-state index contributed by atoms with van der Waals surface area (Å²) in [5.74, 6) is -0.679. The molecule has 0 N–H and O–H groups in total. The minimum Gasteiger partial charge on any atom is -0.466 e. The summed E-state index contributed by atoms with van der Waals surface area (Å²) in [4.78, 5) is 22.6. The minimum absolute atomic E-state index is 0.0915. The normalized spacial score (nSPS) is 10.2. The van der Waals surface area contributed by atoms with E-state index >= 15 is 0 Å². The molecule has 0 saturated carbocycles. The Kier molecular flexibility index (Phi) is 7.41. The van der Waals surface area contributed by atoms with Gasteiger partial charge >= 0.3 is 11.9 Å². The highest BCUT2D eigenvalue weighted by atomic mass is 35.5. The van der Waals surface area contributed by atoms with Gasteiger partial charge in [-0.2, -0.15) is 0 Å². The number of hydrogen-bond donors (Lipinski definition) is 0. The molecule has 1 rings (SSSR count). The molecule has 0 aromatic heterocycles. The number of esters is 2. The zero-order chi connectivity index (χ0) is 15.0. The lowest BCUT2D eigenvalue weighted by atomic mass is 10.2. The van der Waals surface area contributed by atoms with Crippen LogP contribution in [0.3, 0.4) is 0 Å². The predicted molar refractivity (Wildman–Crippen MR) is 76.7 cm³/mol. The van der Waals surface area contributed by atoms with Gasteiger partial charge in [-0.05, 0) is 25.5 Å². The fraction of sp³-hybridized carbons (Fsp3) is 0.429. The van der Waals surface area contributed by atoms with Gasteiger partial charge < -0.3 is 9.47 Å². The summed E-state index contributed by atoms with van der Waals surface area (Å²) in [6.07, 6.45) is 0.792. The molecule has 4 nitrogen and oxygen atoms in total. The van der Waals surface area contributed by atoms with E-state index in [1.54, 1.807) is 25.1 Å². The molecule has 0 saturated heterocycles. The first kappa shape index (κ1) is 16.8. The molecule has 0 atom stereocenters. The van der Waals surface area contributed by atoms with Crippen LogP contribution in [0.2, 0.25) is 10.0 Å². The minimum atomic E-state index is -0.375. The molecule has 1 aromatic rings. The molecule has 0 amide bonds. The molecule has 0 unspecified atom stereocenters. The average molecular weight is 319 g/mol. The van der Waals surface area contributed by atoms with Crippen molar-refractivity contribution in [3.05, 3.63) is 33.8 Å². The quantitative estimate of drug-likeness (QED) is 0.718. The second-order valence-electron chi connectivity index (χ2n) is 4.05. The Bertz CT molecular complexity index is 474. The molecule has 0 aliphatic heterocycles. The van der Waals surface area contributed by atoms with Crippen molar-refractivity contribution in [2.75, 3.05) is 6.61 Å². The van der Waals surface area contributed by atoms with Crippen LogP contribution in [0.25, 0.3) is 0 Å². The number of halogens is 2. The molecule has 20 heavy (non-hydrogen) atoms. The van der Waals surface area contributed by atoms with E-state index in [4.69, 9.17) is 32.7 Å². The maximum Gasteiger partial charge on any atom is 0.306 e. The first-order valence-electron chi connectivity index (χ1n) is 6.28. The Morgan fingerprint density at radius 1 is 1.10 bits per heavy atom.